The van der Waals surface area contributed by atoms with E-state index in [1.54, 1.807) is 0 Å². The second-order valence-electron chi connectivity index (χ2n) is 7.62. The lowest BCUT2D eigenvalue weighted by Crippen LogP contribution is -2.61. The van der Waals surface area contributed by atoms with Gasteiger partial charge in [0.25, 0.3) is 0 Å². The van der Waals surface area contributed by atoms with E-state index in [0.717, 1.165) is 37.6 Å². The van der Waals surface area contributed by atoms with Gasteiger partial charge in [0.2, 0.25) is 0 Å². The molecule has 0 unspecified atom stereocenters. The lowest BCUT2D eigenvalue weighted by molar-refractivity contribution is -0.117. The summed E-state index contributed by atoms with van der Waals surface area (Å²) in [5.41, 5.74) is 0.194. The second-order valence-corrected chi connectivity index (χ2v) is 7.62. The van der Waals surface area contributed by atoms with Gasteiger partial charge in [-0.2, -0.15) is 5.10 Å². The van der Waals surface area contributed by atoms with Gasteiger partial charge in [-0.05, 0) is 26.2 Å². The van der Waals surface area contributed by atoms with Crippen LogP contribution in [-0.2, 0) is 11.3 Å². The zero-order chi connectivity index (χ0) is 15.9. The molecule has 0 amide bonds. The van der Waals surface area contributed by atoms with Crippen molar-refractivity contribution >= 4 is 0 Å². The van der Waals surface area contributed by atoms with Gasteiger partial charge in [0.15, 0.2) is 5.82 Å². The van der Waals surface area contributed by atoms with Gasteiger partial charge in [-0.1, -0.05) is 27.7 Å². The van der Waals surface area contributed by atoms with Crippen molar-refractivity contribution in [3.63, 3.8) is 0 Å². The van der Waals surface area contributed by atoms with Crippen LogP contribution in [0.5, 0.6) is 0 Å². The molecule has 1 saturated carbocycles. The van der Waals surface area contributed by atoms with Crippen molar-refractivity contribution in [1.29, 1.82) is 0 Å². The SMILES string of the molecule is CCO[C@@H]1C[C@@H](N[C@H]2CCCn3nc(C(C)C)nc32)C1(C)C. The predicted octanol–water partition coefficient (Wildman–Crippen LogP) is 3.03. The molecular formula is C17H30N4O. The minimum Gasteiger partial charge on any atom is -0.378 e. The van der Waals surface area contributed by atoms with Crippen LogP contribution in [-0.4, -0.2) is 33.5 Å². The fraction of sp³-hybridized carbons (Fsp3) is 0.882. The summed E-state index contributed by atoms with van der Waals surface area (Å²) in [4.78, 5) is 4.80. The molecule has 0 spiro atoms. The van der Waals surface area contributed by atoms with Gasteiger partial charge in [-0.25, -0.2) is 9.67 Å². The summed E-state index contributed by atoms with van der Waals surface area (Å²) in [5, 5.41) is 8.51. The fourth-order valence-corrected chi connectivity index (χ4v) is 3.67. The minimum atomic E-state index is 0.194. The molecular weight excluding hydrogens is 276 g/mol. The molecule has 2 aliphatic rings. The van der Waals surface area contributed by atoms with Gasteiger partial charge in [0, 0.05) is 30.5 Å². The summed E-state index contributed by atoms with van der Waals surface area (Å²) in [6.07, 6.45) is 3.81. The molecule has 1 aromatic heterocycles. The molecule has 0 radical (unpaired) electrons. The summed E-state index contributed by atoms with van der Waals surface area (Å²) < 4.78 is 7.96. The van der Waals surface area contributed by atoms with Crippen LogP contribution in [0.2, 0.25) is 0 Å². The Labute approximate surface area is 133 Å². The van der Waals surface area contributed by atoms with Gasteiger partial charge in [-0.3, -0.25) is 0 Å². The van der Waals surface area contributed by atoms with Gasteiger partial charge < -0.3 is 10.1 Å². The van der Waals surface area contributed by atoms with Gasteiger partial charge >= 0.3 is 0 Å². The highest BCUT2D eigenvalue weighted by Crippen LogP contribution is 2.44. The minimum absolute atomic E-state index is 0.194. The lowest BCUT2D eigenvalue weighted by Gasteiger charge is -2.53. The number of hydrogen-bond acceptors (Lipinski definition) is 4. The molecule has 3 rings (SSSR count). The molecule has 124 valence electrons. The number of rotatable bonds is 5. The van der Waals surface area contributed by atoms with E-state index >= 15 is 0 Å². The molecule has 1 aliphatic heterocycles. The largest absolute Gasteiger partial charge is 0.378 e. The van der Waals surface area contributed by atoms with Crippen molar-refractivity contribution < 1.29 is 4.74 Å². The van der Waals surface area contributed by atoms with E-state index in [-0.39, 0.29) is 5.41 Å². The Hall–Kier alpha value is -0.940. The molecule has 2 heterocycles. The zero-order valence-electron chi connectivity index (χ0n) is 14.6. The topological polar surface area (TPSA) is 52.0 Å². The summed E-state index contributed by atoms with van der Waals surface area (Å²) in [6, 6.07) is 0.834. The van der Waals surface area contributed by atoms with Crippen LogP contribution in [0.25, 0.3) is 0 Å². The Morgan fingerprint density at radius 1 is 1.41 bits per heavy atom. The van der Waals surface area contributed by atoms with Crippen LogP contribution in [0.15, 0.2) is 0 Å². The van der Waals surface area contributed by atoms with Crippen LogP contribution >= 0.6 is 0 Å². The summed E-state index contributed by atoms with van der Waals surface area (Å²) in [5.74, 6) is 2.50. The Kier molecular flexibility index (Phi) is 4.29. The first kappa shape index (κ1) is 15.9. The van der Waals surface area contributed by atoms with E-state index in [4.69, 9.17) is 9.72 Å². The number of nitrogens with zero attached hydrogens (tertiary/aromatic N) is 3. The van der Waals surface area contributed by atoms with Gasteiger partial charge in [-0.15, -0.1) is 0 Å². The molecule has 1 N–H and O–H groups in total. The quantitative estimate of drug-likeness (QED) is 0.908. The van der Waals surface area contributed by atoms with Crippen LogP contribution in [0.1, 0.15) is 77.5 Å². The molecule has 22 heavy (non-hydrogen) atoms. The monoisotopic (exact) mass is 306 g/mol. The number of aromatic nitrogens is 3. The summed E-state index contributed by atoms with van der Waals surface area (Å²) in [7, 11) is 0. The molecule has 5 nitrogen and oxygen atoms in total. The van der Waals surface area contributed by atoms with Crippen LogP contribution in [0, 0.1) is 5.41 Å². The van der Waals surface area contributed by atoms with E-state index in [0.29, 0.717) is 24.1 Å². The normalized spacial score (nSPS) is 30.2. The highest BCUT2D eigenvalue weighted by molar-refractivity contribution is 5.09. The number of nitrogens with one attached hydrogen (secondary N) is 1. The molecule has 0 bridgehead atoms. The maximum Gasteiger partial charge on any atom is 0.153 e. The highest BCUT2D eigenvalue weighted by atomic mass is 16.5. The number of fused-ring (bicyclic) bond motifs is 1. The summed E-state index contributed by atoms with van der Waals surface area (Å²) >= 11 is 0. The Balaban J connectivity index is 1.70. The van der Waals surface area contributed by atoms with Crippen molar-refractivity contribution in [2.75, 3.05) is 6.61 Å². The van der Waals surface area contributed by atoms with E-state index in [1.807, 2.05) is 0 Å². The van der Waals surface area contributed by atoms with E-state index < -0.39 is 0 Å². The maximum absolute atomic E-state index is 5.84. The number of ether oxygens (including phenoxy) is 1. The first-order valence-corrected chi connectivity index (χ1v) is 8.75. The standard InChI is InChI=1S/C17H30N4O/c1-6-22-14-10-13(17(14,4)5)18-12-8-7-9-21-16(12)19-15(20-21)11(2)3/h11-14,18H,6-10H2,1-5H3/t12-,13+,14+/m0/s1. The van der Waals surface area contributed by atoms with Crippen molar-refractivity contribution in [3.8, 4) is 0 Å². The Bertz CT molecular complexity index is 523. The number of hydrogen-bond donors (Lipinski definition) is 1. The van der Waals surface area contributed by atoms with Crippen molar-refractivity contribution in [2.24, 2.45) is 5.41 Å². The third-order valence-corrected chi connectivity index (χ3v) is 5.36. The summed E-state index contributed by atoms with van der Waals surface area (Å²) in [6.45, 7) is 12.8. The molecule has 1 aromatic rings. The van der Waals surface area contributed by atoms with Crippen molar-refractivity contribution in [1.82, 2.24) is 20.1 Å². The smallest absolute Gasteiger partial charge is 0.153 e. The molecule has 0 saturated heterocycles. The highest BCUT2D eigenvalue weighted by Gasteiger charge is 2.49. The van der Waals surface area contributed by atoms with Gasteiger partial charge in [0.1, 0.15) is 5.82 Å². The third-order valence-electron chi connectivity index (χ3n) is 5.36. The van der Waals surface area contributed by atoms with Crippen LogP contribution in [0.4, 0.5) is 0 Å². The molecule has 1 aliphatic carbocycles. The molecule has 3 atom stereocenters. The molecule has 0 aromatic carbocycles. The average molecular weight is 306 g/mol. The third kappa shape index (κ3) is 2.69. The van der Waals surface area contributed by atoms with E-state index in [9.17, 15) is 0 Å². The number of aryl methyl sites for hydroxylation is 1. The van der Waals surface area contributed by atoms with E-state index in [1.165, 1.54) is 6.42 Å². The maximum atomic E-state index is 5.84. The van der Waals surface area contributed by atoms with Crippen molar-refractivity contribution in [2.45, 2.75) is 84.5 Å². The van der Waals surface area contributed by atoms with E-state index in [2.05, 4.69) is 49.7 Å². The average Bonchev–Trinajstić information content (AvgIpc) is 2.91. The lowest BCUT2D eigenvalue weighted by atomic mass is 9.64. The van der Waals surface area contributed by atoms with Crippen LogP contribution in [0.3, 0.4) is 0 Å². The molecule has 5 heteroatoms. The fourth-order valence-electron chi connectivity index (χ4n) is 3.67. The van der Waals surface area contributed by atoms with Gasteiger partial charge in [0.05, 0.1) is 12.1 Å². The Morgan fingerprint density at radius 3 is 2.82 bits per heavy atom. The first-order chi connectivity index (χ1) is 10.4. The van der Waals surface area contributed by atoms with Crippen molar-refractivity contribution in [3.05, 3.63) is 11.6 Å². The molecule has 1 fully saturated rings. The predicted molar refractivity (Wildman–Crippen MR) is 86.8 cm³/mol. The van der Waals surface area contributed by atoms with Crippen LogP contribution < -0.4 is 5.32 Å². The second kappa shape index (κ2) is 5.93. The Morgan fingerprint density at radius 2 is 2.18 bits per heavy atom. The zero-order valence-corrected chi connectivity index (χ0v) is 14.6. The first-order valence-electron chi connectivity index (χ1n) is 8.75.